The van der Waals surface area contributed by atoms with Crippen LogP contribution >= 0.6 is 0 Å². The summed E-state index contributed by atoms with van der Waals surface area (Å²) in [4.78, 5) is 11.0. The Morgan fingerprint density at radius 1 is 1.14 bits per heavy atom. The first-order valence-corrected chi connectivity index (χ1v) is 6.00. The third-order valence-electron chi connectivity index (χ3n) is 2.79. The number of alkyl halides is 6. The van der Waals surface area contributed by atoms with E-state index in [1.165, 1.54) is 5.32 Å². The Morgan fingerprint density at radius 2 is 1.68 bits per heavy atom. The van der Waals surface area contributed by atoms with Gasteiger partial charge in [0, 0.05) is 0 Å². The second kappa shape index (κ2) is 5.79. The van der Waals surface area contributed by atoms with Gasteiger partial charge in [-0.25, -0.2) is 0 Å². The standard InChI is InChI=1S/C13H13F6NO2/c1-11(2,22)9(20-10(21)13(17,18)19)7-4-3-5-8(6-7)12(14,15)16/h3-6,9,22H,1-2H3,(H,20,21). The number of rotatable bonds is 3. The molecule has 1 amide bonds. The third-order valence-corrected chi connectivity index (χ3v) is 2.79. The maximum atomic E-state index is 12.6. The van der Waals surface area contributed by atoms with Crippen LogP contribution in [0.5, 0.6) is 0 Å². The van der Waals surface area contributed by atoms with Gasteiger partial charge in [-0.1, -0.05) is 12.1 Å². The Balaban J connectivity index is 3.22. The van der Waals surface area contributed by atoms with Crippen LogP contribution in [0.15, 0.2) is 24.3 Å². The summed E-state index contributed by atoms with van der Waals surface area (Å²) in [6, 6.07) is 1.73. The molecule has 0 radical (unpaired) electrons. The number of carbonyl (C=O) groups excluding carboxylic acids is 1. The van der Waals surface area contributed by atoms with Crippen LogP contribution in [0.1, 0.15) is 31.0 Å². The number of hydrogen-bond acceptors (Lipinski definition) is 2. The summed E-state index contributed by atoms with van der Waals surface area (Å²) in [7, 11) is 0. The zero-order valence-corrected chi connectivity index (χ0v) is 11.5. The molecule has 0 saturated carbocycles. The van der Waals surface area contributed by atoms with Gasteiger partial charge in [0.2, 0.25) is 0 Å². The van der Waals surface area contributed by atoms with Crippen LogP contribution in [0.25, 0.3) is 0 Å². The highest BCUT2D eigenvalue weighted by Gasteiger charge is 2.43. The van der Waals surface area contributed by atoms with Crippen LogP contribution in [0.4, 0.5) is 26.3 Å². The summed E-state index contributed by atoms with van der Waals surface area (Å²) in [5.74, 6) is -2.35. The average Bonchev–Trinajstić information content (AvgIpc) is 2.32. The van der Waals surface area contributed by atoms with Crippen LogP contribution in [0.2, 0.25) is 0 Å². The maximum absolute atomic E-state index is 12.6. The van der Waals surface area contributed by atoms with Gasteiger partial charge < -0.3 is 10.4 Å². The molecule has 22 heavy (non-hydrogen) atoms. The highest BCUT2D eigenvalue weighted by Crippen LogP contribution is 2.33. The van der Waals surface area contributed by atoms with Crippen LogP contribution in [0.3, 0.4) is 0 Å². The quantitative estimate of drug-likeness (QED) is 0.837. The molecular weight excluding hydrogens is 316 g/mol. The molecule has 0 aliphatic heterocycles. The number of halogens is 6. The molecule has 1 aromatic carbocycles. The third kappa shape index (κ3) is 4.62. The Bertz CT molecular complexity index is 545. The normalized spacial score (nSPS) is 14.6. The van der Waals surface area contributed by atoms with E-state index in [4.69, 9.17) is 0 Å². The van der Waals surface area contributed by atoms with Crippen molar-refractivity contribution in [1.82, 2.24) is 5.32 Å². The molecule has 124 valence electrons. The van der Waals surface area contributed by atoms with Crippen molar-refractivity contribution < 1.29 is 36.2 Å². The van der Waals surface area contributed by atoms with Crippen molar-refractivity contribution in [3.8, 4) is 0 Å². The summed E-state index contributed by atoms with van der Waals surface area (Å²) in [6.07, 6.45) is -9.92. The van der Waals surface area contributed by atoms with Gasteiger partial charge in [0.25, 0.3) is 0 Å². The van der Waals surface area contributed by atoms with Crippen molar-refractivity contribution in [2.24, 2.45) is 0 Å². The van der Waals surface area contributed by atoms with Gasteiger partial charge in [0.1, 0.15) is 0 Å². The van der Waals surface area contributed by atoms with Gasteiger partial charge >= 0.3 is 18.3 Å². The average molecular weight is 329 g/mol. The maximum Gasteiger partial charge on any atom is 0.471 e. The van der Waals surface area contributed by atoms with E-state index in [9.17, 15) is 36.2 Å². The van der Waals surface area contributed by atoms with Crippen molar-refractivity contribution >= 4 is 5.91 Å². The molecule has 1 unspecified atom stereocenters. The van der Waals surface area contributed by atoms with E-state index >= 15 is 0 Å². The van der Waals surface area contributed by atoms with Gasteiger partial charge in [-0.3, -0.25) is 4.79 Å². The molecule has 0 bridgehead atoms. The number of amides is 1. The summed E-state index contributed by atoms with van der Waals surface area (Å²) in [5.41, 5.74) is -3.30. The van der Waals surface area contributed by atoms with Crippen molar-refractivity contribution in [2.75, 3.05) is 0 Å². The number of benzene rings is 1. The van der Waals surface area contributed by atoms with Crippen molar-refractivity contribution in [1.29, 1.82) is 0 Å². The zero-order chi connectivity index (χ0) is 17.3. The van der Waals surface area contributed by atoms with E-state index in [0.29, 0.717) is 6.07 Å². The lowest BCUT2D eigenvalue weighted by molar-refractivity contribution is -0.176. The predicted molar refractivity (Wildman–Crippen MR) is 64.7 cm³/mol. The fourth-order valence-electron chi connectivity index (χ4n) is 1.78. The molecule has 0 saturated heterocycles. The number of hydrogen-bond donors (Lipinski definition) is 2. The Hall–Kier alpha value is -1.77. The van der Waals surface area contributed by atoms with E-state index in [2.05, 4.69) is 0 Å². The molecule has 9 heteroatoms. The van der Waals surface area contributed by atoms with Crippen molar-refractivity contribution in [2.45, 2.75) is 37.8 Å². The molecule has 0 aliphatic carbocycles. The highest BCUT2D eigenvalue weighted by molar-refractivity contribution is 5.82. The highest BCUT2D eigenvalue weighted by atomic mass is 19.4. The monoisotopic (exact) mass is 329 g/mol. The lowest BCUT2D eigenvalue weighted by Gasteiger charge is -2.31. The molecule has 1 rings (SSSR count). The van der Waals surface area contributed by atoms with Gasteiger partial charge in [-0.2, -0.15) is 26.3 Å². The summed E-state index contributed by atoms with van der Waals surface area (Å²) >= 11 is 0. The fraction of sp³-hybridized carbons (Fsp3) is 0.462. The molecule has 0 aliphatic rings. The van der Waals surface area contributed by atoms with E-state index in [1.807, 2.05) is 0 Å². The predicted octanol–water partition coefficient (Wildman–Crippen LogP) is 3.20. The molecule has 0 fully saturated rings. The molecular formula is C13H13F6NO2. The van der Waals surface area contributed by atoms with Crippen molar-refractivity contribution in [3.05, 3.63) is 35.4 Å². The smallest absolute Gasteiger partial charge is 0.388 e. The van der Waals surface area contributed by atoms with E-state index < -0.39 is 35.5 Å². The Morgan fingerprint density at radius 3 is 2.09 bits per heavy atom. The lowest BCUT2D eigenvalue weighted by Crippen LogP contribution is -2.47. The van der Waals surface area contributed by atoms with E-state index in [-0.39, 0.29) is 5.56 Å². The molecule has 0 spiro atoms. The molecule has 1 atom stereocenters. The zero-order valence-electron chi connectivity index (χ0n) is 11.5. The minimum Gasteiger partial charge on any atom is -0.388 e. The van der Waals surface area contributed by atoms with Crippen molar-refractivity contribution in [3.63, 3.8) is 0 Å². The summed E-state index contributed by atoms with van der Waals surface area (Å²) in [6.45, 7) is 2.16. The van der Waals surface area contributed by atoms with Gasteiger partial charge in [0.05, 0.1) is 17.2 Å². The number of carbonyl (C=O) groups is 1. The number of aliphatic hydroxyl groups is 1. The van der Waals surface area contributed by atoms with Crippen LogP contribution in [0, 0.1) is 0 Å². The van der Waals surface area contributed by atoms with E-state index in [1.54, 1.807) is 0 Å². The van der Waals surface area contributed by atoms with Gasteiger partial charge in [-0.05, 0) is 31.5 Å². The molecule has 3 nitrogen and oxygen atoms in total. The first-order valence-electron chi connectivity index (χ1n) is 6.00. The minimum absolute atomic E-state index is 0.292. The van der Waals surface area contributed by atoms with Crippen LogP contribution in [-0.4, -0.2) is 22.8 Å². The molecule has 1 aromatic rings. The minimum atomic E-state index is -5.22. The largest absolute Gasteiger partial charge is 0.471 e. The summed E-state index contributed by atoms with van der Waals surface area (Å²) < 4.78 is 74.9. The first kappa shape index (κ1) is 18.3. The van der Waals surface area contributed by atoms with Crippen LogP contribution in [-0.2, 0) is 11.0 Å². The Labute approximate surface area is 121 Å². The SMILES string of the molecule is CC(C)(O)C(NC(=O)C(F)(F)F)c1cccc(C(F)(F)F)c1. The van der Waals surface area contributed by atoms with Crippen LogP contribution < -0.4 is 5.32 Å². The fourth-order valence-corrected chi connectivity index (χ4v) is 1.78. The van der Waals surface area contributed by atoms with E-state index in [0.717, 1.165) is 32.0 Å². The first-order chi connectivity index (χ1) is 9.73. The van der Waals surface area contributed by atoms with Gasteiger partial charge in [-0.15, -0.1) is 0 Å². The summed E-state index contributed by atoms with van der Waals surface area (Å²) in [5, 5.41) is 11.4. The second-order valence-corrected chi connectivity index (χ2v) is 5.18. The second-order valence-electron chi connectivity index (χ2n) is 5.18. The molecule has 0 heterocycles. The molecule has 0 aromatic heterocycles. The molecule has 2 N–H and O–H groups in total. The topological polar surface area (TPSA) is 49.3 Å². The lowest BCUT2D eigenvalue weighted by atomic mass is 9.90. The van der Waals surface area contributed by atoms with Gasteiger partial charge in [0.15, 0.2) is 0 Å². The Kier molecular flexibility index (Phi) is 4.81. The number of nitrogens with one attached hydrogen (secondary N) is 1.